The van der Waals surface area contributed by atoms with Crippen molar-refractivity contribution >= 4 is 11.8 Å². The number of hydrogen-bond acceptors (Lipinski definition) is 7. The maximum Gasteiger partial charge on any atom is 0.263 e. The monoisotopic (exact) mass is 433 g/mol. The van der Waals surface area contributed by atoms with Crippen molar-refractivity contribution < 1.29 is 0 Å². The Morgan fingerprint density at radius 3 is 2.56 bits per heavy atom. The third-order valence-corrected chi connectivity index (χ3v) is 8.17. The number of anilines is 1. The highest BCUT2D eigenvalue weighted by atomic mass is 16.1. The van der Waals surface area contributed by atoms with Crippen molar-refractivity contribution in [3.8, 4) is 0 Å². The van der Waals surface area contributed by atoms with Gasteiger partial charge in [0, 0.05) is 39.3 Å². The molecule has 1 aromatic heterocycles. The average Bonchev–Trinajstić information content (AvgIpc) is 3.37. The van der Waals surface area contributed by atoms with Gasteiger partial charge in [0.15, 0.2) is 12.0 Å². The molecule has 0 amide bonds. The van der Waals surface area contributed by atoms with E-state index in [1.54, 1.807) is 4.57 Å². The van der Waals surface area contributed by atoms with E-state index in [1.807, 2.05) is 7.05 Å². The van der Waals surface area contributed by atoms with Gasteiger partial charge in [-0.15, -0.1) is 5.11 Å². The van der Waals surface area contributed by atoms with Crippen LogP contribution in [0.3, 0.4) is 0 Å². The number of fused-ring (bicyclic) bond motifs is 2. The Balaban J connectivity index is 1.24. The molecule has 1 unspecified atom stereocenters. The summed E-state index contributed by atoms with van der Waals surface area (Å²) < 4.78 is 1.70. The SMILES string of the molecule is Cn1c(N2CCC3(CC2)Cc2ccccc2[C@H]3N)nc2c(c1=O)C(N1CCCCC1)N=N2. The molecule has 2 fully saturated rings. The second-order valence-electron chi connectivity index (χ2n) is 9.90. The highest BCUT2D eigenvalue weighted by molar-refractivity contribution is 5.48. The molecule has 8 nitrogen and oxygen atoms in total. The van der Waals surface area contributed by atoms with Crippen LogP contribution in [-0.4, -0.2) is 40.6 Å². The Morgan fingerprint density at radius 2 is 1.81 bits per heavy atom. The molecule has 1 spiro atoms. The van der Waals surface area contributed by atoms with Crippen LogP contribution in [0.5, 0.6) is 0 Å². The molecule has 0 saturated carbocycles. The summed E-state index contributed by atoms with van der Waals surface area (Å²) in [6.07, 6.45) is 6.30. The lowest BCUT2D eigenvalue weighted by atomic mass is 9.73. The van der Waals surface area contributed by atoms with Gasteiger partial charge in [0.05, 0.1) is 0 Å². The summed E-state index contributed by atoms with van der Waals surface area (Å²) >= 11 is 0. The Labute approximate surface area is 188 Å². The van der Waals surface area contributed by atoms with Crippen LogP contribution < -0.4 is 16.2 Å². The van der Waals surface area contributed by atoms with Crippen molar-refractivity contribution in [1.82, 2.24) is 14.5 Å². The van der Waals surface area contributed by atoms with Gasteiger partial charge in [-0.05, 0) is 48.6 Å². The topological polar surface area (TPSA) is 92.1 Å². The van der Waals surface area contributed by atoms with E-state index < -0.39 is 0 Å². The fourth-order valence-electron chi connectivity index (χ4n) is 6.23. The van der Waals surface area contributed by atoms with E-state index in [0.29, 0.717) is 17.3 Å². The first-order chi connectivity index (χ1) is 15.6. The molecule has 4 aliphatic rings. The van der Waals surface area contributed by atoms with E-state index in [1.165, 1.54) is 17.5 Å². The maximum absolute atomic E-state index is 13.4. The van der Waals surface area contributed by atoms with Crippen LogP contribution in [0.4, 0.5) is 11.8 Å². The predicted octanol–water partition coefficient (Wildman–Crippen LogP) is 3.20. The van der Waals surface area contributed by atoms with Crippen molar-refractivity contribution in [3.05, 3.63) is 51.3 Å². The second kappa shape index (κ2) is 7.49. The maximum atomic E-state index is 13.4. The summed E-state index contributed by atoms with van der Waals surface area (Å²) in [5.41, 5.74) is 10.1. The fraction of sp³-hybridized carbons (Fsp3) is 0.583. The molecule has 1 aliphatic carbocycles. The van der Waals surface area contributed by atoms with E-state index in [4.69, 9.17) is 10.7 Å². The van der Waals surface area contributed by atoms with Crippen molar-refractivity contribution in [2.75, 3.05) is 31.1 Å². The van der Waals surface area contributed by atoms with Gasteiger partial charge in [-0.3, -0.25) is 14.3 Å². The van der Waals surface area contributed by atoms with Crippen LogP contribution >= 0.6 is 0 Å². The number of nitrogens with zero attached hydrogens (tertiary/aromatic N) is 6. The van der Waals surface area contributed by atoms with Gasteiger partial charge >= 0.3 is 0 Å². The molecule has 2 atom stereocenters. The Morgan fingerprint density at radius 1 is 1.06 bits per heavy atom. The molecule has 0 bridgehead atoms. The molecule has 3 aliphatic heterocycles. The highest BCUT2D eigenvalue weighted by Crippen LogP contribution is 2.51. The van der Waals surface area contributed by atoms with Crippen molar-refractivity contribution in [2.45, 2.75) is 50.7 Å². The molecule has 2 N–H and O–H groups in total. The van der Waals surface area contributed by atoms with E-state index in [-0.39, 0.29) is 23.2 Å². The lowest BCUT2D eigenvalue weighted by molar-refractivity contribution is 0.167. The molecule has 168 valence electrons. The van der Waals surface area contributed by atoms with Crippen LogP contribution in [0, 0.1) is 5.41 Å². The van der Waals surface area contributed by atoms with E-state index in [9.17, 15) is 4.79 Å². The van der Waals surface area contributed by atoms with Crippen LogP contribution in [0.1, 0.15) is 61.0 Å². The lowest BCUT2D eigenvalue weighted by Gasteiger charge is -2.42. The normalized spacial score (nSPS) is 26.5. The van der Waals surface area contributed by atoms with E-state index in [0.717, 1.165) is 58.3 Å². The smallest absolute Gasteiger partial charge is 0.263 e. The fourth-order valence-corrected chi connectivity index (χ4v) is 6.23. The molecular weight excluding hydrogens is 402 g/mol. The molecule has 4 heterocycles. The second-order valence-corrected chi connectivity index (χ2v) is 9.90. The Kier molecular flexibility index (Phi) is 4.69. The zero-order chi connectivity index (χ0) is 21.9. The van der Waals surface area contributed by atoms with Gasteiger partial charge in [0.2, 0.25) is 5.95 Å². The number of likely N-dealkylation sites (tertiary alicyclic amines) is 1. The minimum Gasteiger partial charge on any atom is -0.342 e. The van der Waals surface area contributed by atoms with Gasteiger partial charge in [-0.2, -0.15) is 10.1 Å². The van der Waals surface area contributed by atoms with Gasteiger partial charge in [-0.25, -0.2) is 0 Å². The van der Waals surface area contributed by atoms with Crippen molar-refractivity contribution in [1.29, 1.82) is 0 Å². The molecule has 1 aromatic carbocycles. The minimum absolute atomic E-state index is 0.0177. The predicted molar refractivity (Wildman–Crippen MR) is 123 cm³/mol. The summed E-state index contributed by atoms with van der Waals surface area (Å²) in [5, 5.41) is 8.78. The third kappa shape index (κ3) is 2.96. The minimum atomic E-state index is -0.273. The van der Waals surface area contributed by atoms with Gasteiger partial charge in [0.1, 0.15) is 5.56 Å². The van der Waals surface area contributed by atoms with E-state index in [2.05, 4.69) is 44.3 Å². The third-order valence-electron chi connectivity index (χ3n) is 8.17. The summed E-state index contributed by atoms with van der Waals surface area (Å²) in [6.45, 7) is 3.61. The zero-order valence-electron chi connectivity index (χ0n) is 18.7. The molecule has 2 aromatic rings. The number of nitrogens with two attached hydrogens (primary N) is 1. The number of piperidine rings is 2. The first-order valence-corrected chi connectivity index (χ1v) is 11.9. The first-order valence-electron chi connectivity index (χ1n) is 11.9. The number of rotatable bonds is 2. The number of aromatic nitrogens is 2. The first kappa shape index (κ1) is 20.1. The molecular formula is C24H31N7O. The van der Waals surface area contributed by atoms with Gasteiger partial charge < -0.3 is 10.6 Å². The summed E-state index contributed by atoms with van der Waals surface area (Å²) in [7, 11) is 1.83. The van der Waals surface area contributed by atoms with Gasteiger partial charge in [0.25, 0.3) is 5.56 Å². The van der Waals surface area contributed by atoms with E-state index >= 15 is 0 Å². The van der Waals surface area contributed by atoms with Crippen LogP contribution in [0.15, 0.2) is 39.3 Å². The largest absolute Gasteiger partial charge is 0.342 e. The highest BCUT2D eigenvalue weighted by Gasteiger charge is 2.46. The number of azo groups is 1. The standard InChI is InChI=1S/C24H31N7O/c1-29-22(32)18-20(27-28-21(18)30-11-5-2-6-12-30)26-23(29)31-13-9-24(10-14-31)15-16-7-3-4-8-17(16)19(24)25/h3-4,7-8,19,21H,2,5-6,9-15,25H2,1H3/t19-,21?/m1/s1. The summed E-state index contributed by atoms with van der Waals surface area (Å²) in [4.78, 5) is 22.7. The Bertz CT molecular complexity index is 1130. The molecule has 0 radical (unpaired) electrons. The summed E-state index contributed by atoms with van der Waals surface area (Å²) in [6, 6.07) is 8.66. The molecule has 8 heteroatoms. The van der Waals surface area contributed by atoms with Gasteiger partial charge in [-0.1, -0.05) is 30.7 Å². The van der Waals surface area contributed by atoms with Crippen LogP contribution in [-0.2, 0) is 13.5 Å². The molecule has 2 saturated heterocycles. The summed E-state index contributed by atoms with van der Waals surface area (Å²) in [5.74, 6) is 1.20. The molecule has 32 heavy (non-hydrogen) atoms. The van der Waals surface area contributed by atoms with Crippen LogP contribution in [0.2, 0.25) is 0 Å². The number of hydrogen-bond donors (Lipinski definition) is 1. The number of benzene rings is 1. The van der Waals surface area contributed by atoms with Crippen molar-refractivity contribution in [2.24, 2.45) is 28.4 Å². The quantitative estimate of drug-likeness (QED) is 0.785. The lowest BCUT2D eigenvalue weighted by Crippen LogP contribution is -2.46. The van der Waals surface area contributed by atoms with Crippen LogP contribution in [0.25, 0.3) is 0 Å². The van der Waals surface area contributed by atoms with Crippen molar-refractivity contribution in [3.63, 3.8) is 0 Å². The average molecular weight is 434 g/mol. The zero-order valence-corrected chi connectivity index (χ0v) is 18.7. The Hall–Kier alpha value is -2.58. The molecule has 6 rings (SSSR count).